The molecule has 1 aliphatic rings. The van der Waals surface area contributed by atoms with Crippen molar-refractivity contribution >= 4 is 5.91 Å². The predicted molar refractivity (Wildman–Crippen MR) is 77.9 cm³/mol. The van der Waals surface area contributed by atoms with Crippen molar-refractivity contribution < 1.29 is 9.18 Å². The average molecular weight is 278 g/mol. The van der Waals surface area contributed by atoms with Gasteiger partial charge in [0.05, 0.1) is 6.04 Å². The van der Waals surface area contributed by atoms with E-state index in [-0.39, 0.29) is 17.8 Å². The number of amides is 1. The summed E-state index contributed by atoms with van der Waals surface area (Å²) in [6.45, 7) is 1.32. The Hall–Kier alpha value is -1.42. The normalized spacial score (nSPS) is 18.5. The predicted octanol–water partition coefficient (Wildman–Crippen LogP) is 2.88. The summed E-state index contributed by atoms with van der Waals surface area (Å²) in [4.78, 5) is 14.0. The Morgan fingerprint density at radius 1 is 1.25 bits per heavy atom. The van der Waals surface area contributed by atoms with Crippen LogP contribution in [-0.2, 0) is 4.79 Å². The van der Waals surface area contributed by atoms with Gasteiger partial charge in [-0.05, 0) is 26.0 Å². The number of likely N-dealkylation sites (tertiary alicyclic amines) is 1. The Bertz CT molecular complexity index is 450. The lowest BCUT2D eigenvalue weighted by Crippen LogP contribution is -2.39. The minimum atomic E-state index is -0.216. The molecule has 4 heteroatoms. The molecule has 1 fully saturated rings. The number of likely N-dealkylation sites (N-methyl/N-ethyl adjacent to an activating group) is 1. The van der Waals surface area contributed by atoms with Crippen molar-refractivity contribution in [3.8, 4) is 0 Å². The molecule has 1 amide bonds. The molecule has 1 N–H and O–H groups in total. The lowest BCUT2D eigenvalue weighted by molar-refractivity contribution is -0.132. The van der Waals surface area contributed by atoms with Crippen molar-refractivity contribution in [2.45, 2.75) is 38.1 Å². The van der Waals surface area contributed by atoms with Gasteiger partial charge in [0.1, 0.15) is 5.82 Å². The Morgan fingerprint density at radius 3 is 2.75 bits per heavy atom. The number of carbonyl (C=O) groups excluding carboxylic acids is 1. The zero-order valence-corrected chi connectivity index (χ0v) is 12.1. The van der Waals surface area contributed by atoms with Crippen LogP contribution in [0, 0.1) is 5.82 Å². The maximum absolute atomic E-state index is 13.9. The van der Waals surface area contributed by atoms with Crippen LogP contribution >= 0.6 is 0 Å². The summed E-state index contributed by atoms with van der Waals surface area (Å²) < 4.78 is 13.9. The molecule has 0 spiro atoms. The highest BCUT2D eigenvalue weighted by atomic mass is 19.1. The van der Waals surface area contributed by atoms with Crippen molar-refractivity contribution in [2.24, 2.45) is 0 Å². The van der Waals surface area contributed by atoms with Crippen LogP contribution in [0.25, 0.3) is 0 Å². The molecule has 1 heterocycles. The molecule has 0 aromatic heterocycles. The molecule has 20 heavy (non-hydrogen) atoms. The molecule has 1 aliphatic heterocycles. The Morgan fingerprint density at radius 2 is 2.00 bits per heavy atom. The van der Waals surface area contributed by atoms with E-state index < -0.39 is 0 Å². The van der Waals surface area contributed by atoms with E-state index in [1.54, 1.807) is 12.1 Å². The molecule has 1 saturated heterocycles. The molecule has 1 aromatic rings. The fourth-order valence-corrected chi connectivity index (χ4v) is 2.73. The summed E-state index contributed by atoms with van der Waals surface area (Å²) in [5.74, 6) is -0.0207. The smallest absolute Gasteiger partial charge is 0.222 e. The molecule has 0 radical (unpaired) electrons. The monoisotopic (exact) mass is 278 g/mol. The van der Waals surface area contributed by atoms with Crippen LogP contribution in [0.15, 0.2) is 24.3 Å². The van der Waals surface area contributed by atoms with Gasteiger partial charge in [0.25, 0.3) is 0 Å². The number of hydrogen-bond acceptors (Lipinski definition) is 2. The first-order valence-electron chi connectivity index (χ1n) is 7.42. The fourth-order valence-electron chi connectivity index (χ4n) is 2.73. The van der Waals surface area contributed by atoms with Crippen molar-refractivity contribution in [3.63, 3.8) is 0 Å². The minimum absolute atomic E-state index is 0.153. The number of rotatable bonds is 4. The molecular formula is C16H23FN2O. The molecule has 110 valence electrons. The van der Waals surface area contributed by atoms with Gasteiger partial charge in [-0.25, -0.2) is 4.39 Å². The third-order valence-electron chi connectivity index (χ3n) is 3.95. The average Bonchev–Trinajstić information content (AvgIpc) is 2.44. The molecule has 0 saturated carbocycles. The Balaban J connectivity index is 2.08. The van der Waals surface area contributed by atoms with Gasteiger partial charge < -0.3 is 10.2 Å². The van der Waals surface area contributed by atoms with Gasteiger partial charge in [-0.2, -0.15) is 0 Å². The third-order valence-corrected chi connectivity index (χ3v) is 3.95. The quantitative estimate of drug-likeness (QED) is 0.918. The number of nitrogens with zero attached hydrogens (tertiary/aromatic N) is 1. The molecule has 0 aliphatic carbocycles. The summed E-state index contributed by atoms with van der Waals surface area (Å²) in [5, 5.41) is 3.13. The second-order valence-electron chi connectivity index (χ2n) is 5.37. The first kappa shape index (κ1) is 15.0. The van der Waals surface area contributed by atoms with Crippen molar-refractivity contribution in [1.29, 1.82) is 0 Å². The van der Waals surface area contributed by atoms with Gasteiger partial charge in [0, 0.05) is 25.1 Å². The van der Waals surface area contributed by atoms with E-state index >= 15 is 0 Å². The minimum Gasteiger partial charge on any atom is -0.341 e. The first-order chi connectivity index (χ1) is 9.72. The van der Waals surface area contributed by atoms with E-state index in [9.17, 15) is 9.18 Å². The van der Waals surface area contributed by atoms with Crippen molar-refractivity contribution in [2.75, 3.05) is 20.1 Å². The lowest BCUT2D eigenvalue weighted by atomic mass is 10.0. The maximum Gasteiger partial charge on any atom is 0.222 e. The zero-order chi connectivity index (χ0) is 14.4. The highest BCUT2D eigenvalue weighted by Crippen LogP contribution is 2.20. The number of hydrogen-bond donors (Lipinski definition) is 1. The number of halogens is 1. The van der Waals surface area contributed by atoms with E-state index in [1.165, 1.54) is 12.5 Å². The third kappa shape index (κ3) is 3.79. The van der Waals surface area contributed by atoms with Crippen LogP contribution < -0.4 is 5.32 Å². The molecule has 3 nitrogen and oxygen atoms in total. The zero-order valence-electron chi connectivity index (χ0n) is 12.1. The van der Waals surface area contributed by atoms with E-state index in [0.717, 1.165) is 25.8 Å². The van der Waals surface area contributed by atoms with Gasteiger partial charge in [-0.15, -0.1) is 0 Å². The fraction of sp³-hybridized carbons (Fsp3) is 0.562. The second-order valence-corrected chi connectivity index (χ2v) is 5.37. The highest BCUT2D eigenvalue weighted by molar-refractivity contribution is 5.76. The summed E-state index contributed by atoms with van der Waals surface area (Å²) >= 11 is 0. The molecule has 1 unspecified atom stereocenters. The van der Waals surface area contributed by atoms with Gasteiger partial charge >= 0.3 is 0 Å². The summed E-state index contributed by atoms with van der Waals surface area (Å²) in [6, 6.07) is 6.62. The Labute approximate surface area is 120 Å². The summed E-state index contributed by atoms with van der Waals surface area (Å²) in [7, 11) is 1.81. The molecule has 0 bridgehead atoms. The summed E-state index contributed by atoms with van der Waals surface area (Å²) in [5.41, 5.74) is 0.629. The van der Waals surface area contributed by atoms with E-state index in [0.29, 0.717) is 18.5 Å². The molecule has 1 atom stereocenters. The van der Waals surface area contributed by atoms with Crippen LogP contribution in [-0.4, -0.2) is 30.9 Å². The van der Waals surface area contributed by atoms with Crippen molar-refractivity contribution in [1.82, 2.24) is 10.2 Å². The molecule has 1 aromatic carbocycles. The largest absolute Gasteiger partial charge is 0.341 e. The van der Waals surface area contributed by atoms with Gasteiger partial charge in [-0.1, -0.05) is 31.0 Å². The number of benzene rings is 1. The SMILES string of the molecule is CNC(CN1CCCCCCC1=O)c1ccccc1F. The van der Waals surface area contributed by atoms with E-state index in [1.807, 2.05) is 18.0 Å². The van der Waals surface area contributed by atoms with Crippen LogP contribution in [0.5, 0.6) is 0 Å². The van der Waals surface area contributed by atoms with Crippen LogP contribution in [0.2, 0.25) is 0 Å². The summed E-state index contributed by atoms with van der Waals surface area (Å²) in [6.07, 6.45) is 4.95. The van der Waals surface area contributed by atoms with E-state index in [2.05, 4.69) is 5.32 Å². The molecule has 2 rings (SSSR count). The second kappa shape index (κ2) is 7.39. The van der Waals surface area contributed by atoms with Gasteiger partial charge in [0.2, 0.25) is 5.91 Å². The van der Waals surface area contributed by atoms with Gasteiger partial charge in [-0.3, -0.25) is 4.79 Å². The number of carbonyl (C=O) groups is 1. The molecular weight excluding hydrogens is 255 g/mol. The van der Waals surface area contributed by atoms with Gasteiger partial charge in [0.15, 0.2) is 0 Å². The Kier molecular flexibility index (Phi) is 5.53. The topological polar surface area (TPSA) is 32.3 Å². The standard InChI is InChI=1S/C16H23FN2O/c1-18-15(13-8-5-6-9-14(13)17)12-19-11-7-3-2-4-10-16(19)20/h5-6,8-9,15,18H,2-4,7,10-12H2,1H3. The van der Waals surface area contributed by atoms with Crippen LogP contribution in [0.1, 0.15) is 43.7 Å². The van der Waals surface area contributed by atoms with E-state index in [4.69, 9.17) is 0 Å². The van der Waals surface area contributed by atoms with Crippen LogP contribution in [0.4, 0.5) is 4.39 Å². The van der Waals surface area contributed by atoms with Crippen molar-refractivity contribution in [3.05, 3.63) is 35.6 Å². The lowest BCUT2D eigenvalue weighted by Gasteiger charge is -2.29. The number of nitrogens with one attached hydrogen (secondary N) is 1. The first-order valence-corrected chi connectivity index (χ1v) is 7.42. The van der Waals surface area contributed by atoms with Crippen LogP contribution in [0.3, 0.4) is 0 Å². The highest BCUT2D eigenvalue weighted by Gasteiger charge is 2.21. The maximum atomic E-state index is 13.9.